The average Bonchev–Trinajstić information content (AvgIpc) is 2.58. The quantitative estimate of drug-likeness (QED) is 0.734. The molecule has 4 heteroatoms. The summed E-state index contributed by atoms with van der Waals surface area (Å²) in [7, 11) is 0. The van der Waals surface area contributed by atoms with Crippen molar-refractivity contribution in [1.82, 2.24) is 0 Å². The normalized spacial score (nSPS) is 10.2. The first-order chi connectivity index (χ1) is 11.7. The van der Waals surface area contributed by atoms with Gasteiger partial charge in [-0.1, -0.05) is 36.4 Å². The molecule has 0 aliphatic carbocycles. The Morgan fingerprint density at radius 2 is 1.58 bits per heavy atom. The van der Waals surface area contributed by atoms with Crippen molar-refractivity contribution in [3.63, 3.8) is 0 Å². The van der Waals surface area contributed by atoms with Crippen LogP contribution in [0.1, 0.15) is 5.56 Å². The fourth-order valence-corrected chi connectivity index (χ4v) is 2.27. The first kappa shape index (κ1) is 15.6. The molecule has 0 saturated heterocycles. The highest BCUT2D eigenvalue weighted by molar-refractivity contribution is 5.92. The van der Waals surface area contributed by atoms with Gasteiger partial charge < -0.3 is 15.2 Å². The number of hydrogen-bond acceptors (Lipinski definition) is 3. The number of anilines is 1. The number of rotatable bonds is 5. The Balaban J connectivity index is 1.63. The number of hydrogen-bond donors (Lipinski definition) is 2. The summed E-state index contributed by atoms with van der Waals surface area (Å²) in [6.45, 7) is 0. The van der Waals surface area contributed by atoms with Crippen molar-refractivity contribution >= 4 is 11.6 Å². The van der Waals surface area contributed by atoms with E-state index >= 15 is 0 Å². The SMILES string of the molecule is O=C(Cc1ccc(O)cc1)Nc1cccc(Oc2ccccc2)c1. The third kappa shape index (κ3) is 4.36. The van der Waals surface area contributed by atoms with Gasteiger partial charge in [0.25, 0.3) is 0 Å². The summed E-state index contributed by atoms with van der Waals surface area (Å²) in [6.07, 6.45) is 0.240. The van der Waals surface area contributed by atoms with Gasteiger partial charge in [-0.15, -0.1) is 0 Å². The van der Waals surface area contributed by atoms with Crippen LogP contribution in [-0.2, 0) is 11.2 Å². The maximum Gasteiger partial charge on any atom is 0.228 e. The molecular weight excluding hydrogens is 302 g/mol. The molecule has 2 N–H and O–H groups in total. The Labute approximate surface area is 140 Å². The van der Waals surface area contributed by atoms with Gasteiger partial charge in [-0.05, 0) is 42.0 Å². The van der Waals surface area contributed by atoms with E-state index in [1.165, 1.54) is 0 Å². The van der Waals surface area contributed by atoms with Crippen LogP contribution in [0.25, 0.3) is 0 Å². The van der Waals surface area contributed by atoms with E-state index in [4.69, 9.17) is 4.74 Å². The van der Waals surface area contributed by atoms with Gasteiger partial charge >= 0.3 is 0 Å². The molecule has 3 aromatic carbocycles. The van der Waals surface area contributed by atoms with E-state index in [0.29, 0.717) is 11.4 Å². The number of phenols is 1. The third-order valence-electron chi connectivity index (χ3n) is 3.40. The molecule has 4 nitrogen and oxygen atoms in total. The third-order valence-corrected chi connectivity index (χ3v) is 3.40. The molecule has 3 aromatic rings. The Morgan fingerprint density at radius 1 is 0.875 bits per heavy atom. The lowest BCUT2D eigenvalue weighted by Crippen LogP contribution is -2.14. The maximum absolute atomic E-state index is 12.1. The number of nitrogens with one attached hydrogen (secondary N) is 1. The standard InChI is InChI=1S/C20H17NO3/c22-17-11-9-15(10-12-17)13-20(23)21-16-5-4-8-19(14-16)24-18-6-2-1-3-7-18/h1-12,14,22H,13H2,(H,21,23). The van der Waals surface area contributed by atoms with E-state index < -0.39 is 0 Å². The predicted molar refractivity (Wildman–Crippen MR) is 93.4 cm³/mol. The molecule has 0 atom stereocenters. The molecule has 0 fully saturated rings. The van der Waals surface area contributed by atoms with E-state index in [0.717, 1.165) is 11.3 Å². The lowest BCUT2D eigenvalue weighted by atomic mass is 10.1. The lowest BCUT2D eigenvalue weighted by molar-refractivity contribution is -0.115. The van der Waals surface area contributed by atoms with E-state index in [-0.39, 0.29) is 18.1 Å². The summed E-state index contributed by atoms with van der Waals surface area (Å²) >= 11 is 0. The second kappa shape index (κ2) is 7.33. The minimum atomic E-state index is -0.127. The summed E-state index contributed by atoms with van der Waals surface area (Å²) < 4.78 is 5.75. The number of amides is 1. The Morgan fingerprint density at radius 3 is 2.33 bits per heavy atom. The average molecular weight is 319 g/mol. The van der Waals surface area contributed by atoms with Gasteiger partial charge in [0.15, 0.2) is 0 Å². The maximum atomic E-state index is 12.1. The summed E-state index contributed by atoms with van der Waals surface area (Å²) in [6, 6.07) is 23.3. The lowest BCUT2D eigenvalue weighted by Gasteiger charge is -2.09. The second-order valence-corrected chi connectivity index (χ2v) is 5.33. The van der Waals surface area contributed by atoms with Gasteiger partial charge in [0.05, 0.1) is 6.42 Å². The Hall–Kier alpha value is -3.27. The van der Waals surface area contributed by atoms with Crippen LogP contribution in [0.5, 0.6) is 17.2 Å². The van der Waals surface area contributed by atoms with E-state index in [1.807, 2.05) is 48.5 Å². The highest BCUT2D eigenvalue weighted by atomic mass is 16.5. The number of carbonyl (C=O) groups is 1. The van der Waals surface area contributed by atoms with Crippen molar-refractivity contribution in [1.29, 1.82) is 0 Å². The second-order valence-electron chi connectivity index (χ2n) is 5.33. The Bertz CT molecular complexity index is 814. The summed E-state index contributed by atoms with van der Waals surface area (Å²) in [5, 5.41) is 12.1. The van der Waals surface area contributed by atoms with Crippen LogP contribution in [0.4, 0.5) is 5.69 Å². The fraction of sp³-hybridized carbons (Fsp3) is 0.0500. The molecule has 0 aliphatic heterocycles. The fourth-order valence-electron chi connectivity index (χ4n) is 2.27. The molecule has 0 aromatic heterocycles. The van der Waals surface area contributed by atoms with Crippen molar-refractivity contribution in [3.05, 3.63) is 84.4 Å². The zero-order chi connectivity index (χ0) is 16.8. The van der Waals surface area contributed by atoms with E-state index in [1.54, 1.807) is 30.3 Å². The van der Waals surface area contributed by atoms with Crippen LogP contribution in [0.2, 0.25) is 0 Å². The smallest absolute Gasteiger partial charge is 0.228 e. The molecule has 0 radical (unpaired) electrons. The first-order valence-electron chi connectivity index (χ1n) is 7.60. The van der Waals surface area contributed by atoms with Gasteiger partial charge in [0.2, 0.25) is 5.91 Å². The number of ether oxygens (including phenoxy) is 1. The highest BCUT2D eigenvalue weighted by Gasteiger charge is 2.05. The van der Waals surface area contributed by atoms with Gasteiger partial charge in [-0.3, -0.25) is 4.79 Å². The van der Waals surface area contributed by atoms with E-state index in [2.05, 4.69) is 5.32 Å². The summed E-state index contributed by atoms with van der Waals surface area (Å²) in [5.74, 6) is 1.45. The number of aromatic hydroxyl groups is 1. The van der Waals surface area contributed by atoms with Crippen LogP contribution < -0.4 is 10.1 Å². The predicted octanol–water partition coefficient (Wildman–Crippen LogP) is 4.37. The van der Waals surface area contributed by atoms with Crippen LogP contribution >= 0.6 is 0 Å². The highest BCUT2D eigenvalue weighted by Crippen LogP contribution is 2.24. The number of benzene rings is 3. The van der Waals surface area contributed by atoms with Gasteiger partial charge in [-0.2, -0.15) is 0 Å². The molecule has 24 heavy (non-hydrogen) atoms. The summed E-state index contributed by atoms with van der Waals surface area (Å²) in [5.41, 5.74) is 1.51. The molecule has 1 amide bonds. The summed E-state index contributed by atoms with van der Waals surface area (Å²) in [4.78, 5) is 12.1. The molecule has 0 aliphatic rings. The van der Waals surface area contributed by atoms with Crippen LogP contribution in [-0.4, -0.2) is 11.0 Å². The topological polar surface area (TPSA) is 58.6 Å². The van der Waals surface area contributed by atoms with Crippen molar-refractivity contribution in [3.8, 4) is 17.2 Å². The molecule has 0 saturated carbocycles. The van der Waals surface area contributed by atoms with Gasteiger partial charge in [0, 0.05) is 11.8 Å². The number of carbonyl (C=O) groups excluding carboxylic acids is 1. The molecule has 0 heterocycles. The van der Waals surface area contributed by atoms with Gasteiger partial charge in [-0.25, -0.2) is 0 Å². The van der Waals surface area contributed by atoms with Crippen LogP contribution in [0.15, 0.2) is 78.9 Å². The molecular formula is C20H17NO3. The molecule has 3 rings (SSSR count). The van der Waals surface area contributed by atoms with Gasteiger partial charge in [0.1, 0.15) is 17.2 Å². The first-order valence-corrected chi connectivity index (χ1v) is 7.60. The van der Waals surface area contributed by atoms with Crippen molar-refractivity contribution < 1.29 is 14.6 Å². The van der Waals surface area contributed by atoms with Crippen LogP contribution in [0.3, 0.4) is 0 Å². The molecule has 0 bridgehead atoms. The monoisotopic (exact) mass is 319 g/mol. The minimum absolute atomic E-state index is 0.127. The zero-order valence-electron chi connectivity index (χ0n) is 13.0. The minimum Gasteiger partial charge on any atom is -0.508 e. The van der Waals surface area contributed by atoms with Crippen molar-refractivity contribution in [2.45, 2.75) is 6.42 Å². The Kier molecular flexibility index (Phi) is 4.77. The van der Waals surface area contributed by atoms with Crippen molar-refractivity contribution in [2.75, 3.05) is 5.32 Å². The number of phenolic OH excluding ortho intramolecular Hbond substituents is 1. The van der Waals surface area contributed by atoms with E-state index in [9.17, 15) is 9.90 Å². The molecule has 0 unspecified atom stereocenters. The van der Waals surface area contributed by atoms with Crippen LogP contribution in [0, 0.1) is 0 Å². The largest absolute Gasteiger partial charge is 0.508 e. The number of para-hydroxylation sites is 1. The molecule has 120 valence electrons. The molecule has 0 spiro atoms. The van der Waals surface area contributed by atoms with Crippen molar-refractivity contribution in [2.24, 2.45) is 0 Å². The zero-order valence-corrected chi connectivity index (χ0v) is 13.0.